The van der Waals surface area contributed by atoms with Gasteiger partial charge in [-0.1, -0.05) is 24.3 Å². The number of aryl methyl sites for hydroxylation is 1. The Kier molecular flexibility index (Phi) is 6.11. The lowest BCUT2D eigenvalue weighted by Gasteiger charge is -2.38. The molecule has 2 aliphatic heterocycles. The summed E-state index contributed by atoms with van der Waals surface area (Å²) in [5.41, 5.74) is 3.39. The number of amides is 3. The largest absolute Gasteiger partial charge is 0.348 e. The van der Waals surface area contributed by atoms with Crippen LogP contribution in [0.1, 0.15) is 42.6 Å². The van der Waals surface area contributed by atoms with E-state index in [1.54, 1.807) is 16.7 Å². The second-order valence-corrected chi connectivity index (χ2v) is 8.36. The third-order valence-electron chi connectivity index (χ3n) is 6.47. The third-order valence-corrected chi connectivity index (χ3v) is 6.47. The van der Waals surface area contributed by atoms with Gasteiger partial charge < -0.3 is 19.3 Å². The second kappa shape index (κ2) is 8.96. The van der Waals surface area contributed by atoms with Crippen molar-refractivity contribution in [2.24, 2.45) is 0 Å². The summed E-state index contributed by atoms with van der Waals surface area (Å²) in [7, 11) is 0. The van der Waals surface area contributed by atoms with Crippen LogP contribution in [0.3, 0.4) is 0 Å². The van der Waals surface area contributed by atoms with Crippen molar-refractivity contribution in [2.75, 3.05) is 32.7 Å². The van der Waals surface area contributed by atoms with Crippen molar-refractivity contribution in [1.29, 1.82) is 0 Å². The summed E-state index contributed by atoms with van der Waals surface area (Å²) in [6.07, 6.45) is 2.47. The van der Waals surface area contributed by atoms with Gasteiger partial charge in [0, 0.05) is 70.9 Å². The van der Waals surface area contributed by atoms with Crippen molar-refractivity contribution in [2.45, 2.75) is 39.3 Å². The average Bonchev–Trinajstić information content (AvgIpc) is 3.26. The SMILES string of the molecule is CC(=O)N1CCN(C(=O)CCC(=O)N2CCn3cccc3[C@H]2c2ccccc2C)CC1. The summed E-state index contributed by atoms with van der Waals surface area (Å²) in [6.45, 7) is 7.22. The van der Waals surface area contributed by atoms with Gasteiger partial charge in [-0.3, -0.25) is 14.4 Å². The Morgan fingerprint density at radius 3 is 2.23 bits per heavy atom. The molecule has 164 valence electrons. The minimum atomic E-state index is -0.133. The first kappa shape index (κ1) is 21.2. The van der Waals surface area contributed by atoms with Gasteiger partial charge in [0.25, 0.3) is 0 Å². The Morgan fingerprint density at radius 2 is 1.52 bits per heavy atom. The fourth-order valence-corrected chi connectivity index (χ4v) is 4.66. The van der Waals surface area contributed by atoms with Crippen molar-refractivity contribution in [3.63, 3.8) is 0 Å². The van der Waals surface area contributed by atoms with Crippen LogP contribution in [0.4, 0.5) is 0 Å². The van der Waals surface area contributed by atoms with E-state index >= 15 is 0 Å². The van der Waals surface area contributed by atoms with E-state index in [0.717, 1.165) is 23.4 Å². The zero-order valence-corrected chi connectivity index (χ0v) is 18.3. The first-order valence-electron chi connectivity index (χ1n) is 11.0. The van der Waals surface area contributed by atoms with Crippen molar-refractivity contribution >= 4 is 17.7 Å². The van der Waals surface area contributed by atoms with Crippen LogP contribution in [0.5, 0.6) is 0 Å². The lowest BCUT2D eigenvalue weighted by atomic mass is 9.95. The fourth-order valence-electron chi connectivity index (χ4n) is 4.66. The van der Waals surface area contributed by atoms with Gasteiger partial charge in [-0.05, 0) is 30.2 Å². The third kappa shape index (κ3) is 4.36. The predicted molar refractivity (Wildman–Crippen MR) is 117 cm³/mol. The molecule has 4 rings (SSSR count). The number of carbonyl (C=O) groups is 3. The summed E-state index contributed by atoms with van der Waals surface area (Å²) in [4.78, 5) is 42.8. The number of carbonyl (C=O) groups excluding carboxylic acids is 3. The molecule has 0 spiro atoms. The Hall–Kier alpha value is -3.09. The maximum absolute atomic E-state index is 13.2. The second-order valence-electron chi connectivity index (χ2n) is 8.36. The maximum Gasteiger partial charge on any atom is 0.223 e. The molecule has 31 heavy (non-hydrogen) atoms. The molecular formula is C24H30N4O3. The molecule has 0 bridgehead atoms. The lowest BCUT2D eigenvalue weighted by Crippen LogP contribution is -2.50. The van der Waals surface area contributed by atoms with E-state index in [0.29, 0.717) is 32.7 Å². The summed E-state index contributed by atoms with van der Waals surface area (Å²) in [6, 6.07) is 12.2. The van der Waals surface area contributed by atoms with Crippen molar-refractivity contribution in [3.8, 4) is 0 Å². The Labute approximate surface area is 183 Å². The molecule has 0 N–H and O–H groups in total. The highest BCUT2D eigenvalue weighted by Crippen LogP contribution is 2.34. The van der Waals surface area contributed by atoms with Gasteiger partial charge in [-0.25, -0.2) is 0 Å². The molecule has 0 saturated carbocycles. The van der Waals surface area contributed by atoms with Crippen LogP contribution in [0.25, 0.3) is 0 Å². The molecule has 1 fully saturated rings. The number of hydrogen-bond donors (Lipinski definition) is 0. The molecule has 2 aromatic rings. The zero-order valence-electron chi connectivity index (χ0n) is 18.3. The van der Waals surface area contributed by atoms with E-state index in [9.17, 15) is 14.4 Å². The number of aromatic nitrogens is 1. The highest BCUT2D eigenvalue weighted by atomic mass is 16.2. The highest BCUT2D eigenvalue weighted by Gasteiger charge is 2.33. The minimum absolute atomic E-state index is 0.00983. The molecule has 1 aromatic carbocycles. The van der Waals surface area contributed by atoms with Gasteiger partial charge in [-0.2, -0.15) is 0 Å². The summed E-state index contributed by atoms with van der Waals surface area (Å²) >= 11 is 0. The van der Waals surface area contributed by atoms with E-state index < -0.39 is 0 Å². The highest BCUT2D eigenvalue weighted by molar-refractivity contribution is 5.84. The average molecular weight is 423 g/mol. The van der Waals surface area contributed by atoms with Gasteiger partial charge >= 0.3 is 0 Å². The summed E-state index contributed by atoms with van der Waals surface area (Å²) in [5, 5.41) is 0. The Bertz CT molecular complexity index is 975. The van der Waals surface area contributed by atoms with E-state index in [-0.39, 0.29) is 36.6 Å². The normalized spacial score (nSPS) is 18.6. The smallest absolute Gasteiger partial charge is 0.223 e. The number of nitrogens with zero attached hydrogens (tertiary/aromatic N) is 4. The quantitative estimate of drug-likeness (QED) is 0.759. The van der Waals surface area contributed by atoms with Gasteiger partial charge in [0.1, 0.15) is 0 Å². The van der Waals surface area contributed by atoms with E-state index in [4.69, 9.17) is 0 Å². The van der Waals surface area contributed by atoms with Crippen LogP contribution in [0.2, 0.25) is 0 Å². The maximum atomic E-state index is 13.2. The summed E-state index contributed by atoms with van der Waals surface area (Å²) in [5.74, 6) is 0.0418. The van der Waals surface area contributed by atoms with Crippen LogP contribution in [0, 0.1) is 6.92 Å². The number of rotatable bonds is 4. The van der Waals surface area contributed by atoms with Crippen LogP contribution in [-0.2, 0) is 20.9 Å². The van der Waals surface area contributed by atoms with Crippen molar-refractivity contribution in [1.82, 2.24) is 19.3 Å². The Morgan fingerprint density at radius 1 is 0.839 bits per heavy atom. The fraction of sp³-hybridized carbons (Fsp3) is 0.458. The number of benzene rings is 1. The Balaban J connectivity index is 1.43. The molecule has 7 heteroatoms. The van der Waals surface area contributed by atoms with Gasteiger partial charge in [0.05, 0.1) is 6.04 Å². The zero-order chi connectivity index (χ0) is 22.0. The molecular weight excluding hydrogens is 392 g/mol. The molecule has 1 saturated heterocycles. The first-order valence-corrected chi connectivity index (χ1v) is 11.0. The number of hydrogen-bond acceptors (Lipinski definition) is 3. The van der Waals surface area contributed by atoms with Gasteiger partial charge in [-0.15, -0.1) is 0 Å². The van der Waals surface area contributed by atoms with E-state index in [1.807, 2.05) is 23.1 Å². The molecule has 0 aliphatic carbocycles. The van der Waals surface area contributed by atoms with Gasteiger partial charge in [0.2, 0.25) is 17.7 Å². The van der Waals surface area contributed by atoms with Crippen LogP contribution >= 0.6 is 0 Å². The molecule has 1 atom stereocenters. The number of piperazine rings is 1. The molecule has 2 aliphatic rings. The molecule has 0 radical (unpaired) electrons. The van der Waals surface area contributed by atoms with Crippen LogP contribution < -0.4 is 0 Å². The van der Waals surface area contributed by atoms with E-state index in [2.05, 4.69) is 35.9 Å². The molecule has 0 unspecified atom stereocenters. The molecule has 3 amide bonds. The predicted octanol–water partition coefficient (Wildman–Crippen LogP) is 2.20. The topological polar surface area (TPSA) is 65.9 Å². The first-order chi connectivity index (χ1) is 15.0. The molecule has 1 aromatic heterocycles. The van der Waals surface area contributed by atoms with Crippen molar-refractivity contribution in [3.05, 3.63) is 59.4 Å². The van der Waals surface area contributed by atoms with Crippen molar-refractivity contribution < 1.29 is 14.4 Å². The molecule has 3 heterocycles. The van der Waals surface area contributed by atoms with Crippen LogP contribution in [-0.4, -0.2) is 69.7 Å². The monoisotopic (exact) mass is 422 g/mol. The minimum Gasteiger partial charge on any atom is -0.348 e. The van der Waals surface area contributed by atoms with Gasteiger partial charge in [0.15, 0.2) is 0 Å². The lowest BCUT2D eigenvalue weighted by molar-refractivity contribution is -0.141. The summed E-state index contributed by atoms with van der Waals surface area (Å²) < 4.78 is 2.21. The standard InChI is InChI=1S/C24H30N4O3/c1-18-6-3-4-7-20(18)24-21-8-5-11-26(21)16-17-28(24)23(31)10-9-22(30)27-14-12-25(13-15-27)19(2)29/h3-8,11,24H,9-10,12-17H2,1-2H3/t24-/m1/s1. The van der Waals surface area contributed by atoms with Crippen LogP contribution in [0.15, 0.2) is 42.6 Å². The van der Waals surface area contributed by atoms with E-state index in [1.165, 1.54) is 0 Å². The number of fused-ring (bicyclic) bond motifs is 1. The molecule has 7 nitrogen and oxygen atoms in total.